The highest BCUT2D eigenvalue weighted by Gasteiger charge is 2.69. The molecule has 2 heterocycles. The van der Waals surface area contributed by atoms with Gasteiger partial charge in [-0.15, -0.1) is 17.3 Å². The largest absolute Gasteiger partial charge is 0.691 e. The number of esters is 3. The third-order valence-corrected chi connectivity index (χ3v) is 25.3. The second kappa shape index (κ2) is 37.0. The molecular weight excluding hydrogens is 1460 g/mol. The summed E-state index contributed by atoms with van der Waals surface area (Å²) in [6, 6.07) is 0. The van der Waals surface area contributed by atoms with E-state index in [4.69, 9.17) is 55.0 Å². The van der Waals surface area contributed by atoms with Crippen LogP contribution in [0, 0.1) is 80.8 Å². The Kier molecular flexibility index (Phi) is 30.1. The van der Waals surface area contributed by atoms with E-state index >= 15 is 0 Å². The summed E-state index contributed by atoms with van der Waals surface area (Å²) in [5.74, 6) is -7.27. The van der Waals surface area contributed by atoms with E-state index in [2.05, 4.69) is 64.5 Å². The highest BCUT2D eigenvalue weighted by Crippen LogP contribution is 2.73. The molecule has 16 unspecified atom stereocenters. The molecule has 26 atom stereocenters. The van der Waals surface area contributed by atoms with Gasteiger partial charge in [-0.1, -0.05) is 54.7 Å². The number of hydrogen-bond donors (Lipinski definition) is 6. The van der Waals surface area contributed by atoms with E-state index in [0.29, 0.717) is 32.1 Å². The summed E-state index contributed by atoms with van der Waals surface area (Å²) in [6.45, 7) is 18.5. The van der Waals surface area contributed by atoms with Crippen LogP contribution < -0.4 is 21.0 Å². The summed E-state index contributed by atoms with van der Waals surface area (Å²) in [7, 11) is 0. The highest BCUT2D eigenvalue weighted by molar-refractivity contribution is 7.90. The van der Waals surface area contributed by atoms with Gasteiger partial charge in [0.25, 0.3) is 0 Å². The van der Waals surface area contributed by atoms with Crippen molar-refractivity contribution in [2.75, 3.05) is 13.2 Å². The summed E-state index contributed by atoms with van der Waals surface area (Å²) < 4.78 is 81.9. The van der Waals surface area contributed by atoms with Crippen LogP contribution in [0.5, 0.6) is 0 Å². The maximum Gasteiger partial charge on any atom is 0.306 e. The van der Waals surface area contributed by atoms with Crippen LogP contribution in [0.15, 0.2) is 24.3 Å². The third kappa shape index (κ3) is 18.6. The highest BCUT2D eigenvalue weighted by atomic mass is 32.2. The van der Waals surface area contributed by atoms with Gasteiger partial charge < -0.3 is 84.8 Å². The molecule has 0 aromatic rings. The second-order valence-corrected chi connectivity index (χ2v) is 31.9. The summed E-state index contributed by atoms with van der Waals surface area (Å²) >= 11 is 0.249. The van der Waals surface area contributed by atoms with E-state index in [0.717, 1.165) is 56.1 Å². The lowest BCUT2D eigenvalue weighted by Crippen LogP contribution is -2.63. The number of rotatable bonds is 34. The standard InChI is InChI=1S/C34H50O19S2.C30H46O16S2/c1-16(2)11-26(38)47-29-28(49-55-53-51-43)27(48-54-52-50-42)22(15-44-25(37)8-7-24(35)36)46-32(29)45-19-12-20(31(40)41)21-9-10-34-13-18(17(3)30(34)39)5-6-23(34)33(21,4)14-19;1-14(2)9-22(32)40-25-24(42-48-46-44-37)23(41-47-45-43-36)20(13-31)39-28(25)38-17-10-18(27(34)35)19-7-8-30-11-16(15(3)26(30)33)5-6-21(30)29(19,4)12-17/h16,18-23,27-30,32,39,42-43H,3,5-15H2,1-2,4H3,(H,35,36)(H,40,41);14,16-21,23-26,28,31,33,36-37H,3,5-13H2,1-2,4H3,(H,34,35)/p-4/t18?,19?,20?,21?,22-,23?,27+,28+,29?,30-,32+,33?,34?;16?,17?,18?,19?,20-,21?,23+,24+,25?,26-,28+,29?,30?/m00/s1. The van der Waals surface area contributed by atoms with Gasteiger partial charge in [0.05, 0.1) is 55.7 Å². The van der Waals surface area contributed by atoms with Crippen molar-refractivity contribution < 1.29 is 168 Å². The first-order chi connectivity index (χ1) is 49.0. The van der Waals surface area contributed by atoms with Crippen LogP contribution in [-0.4, -0.2) is 165 Å². The maximum atomic E-state index is 13.2. The molecule has 10 rings (SSSR count). The Hall–Kier alpha value is -3.22. The van der Waals surface area contributed by atoms with Gasteiger partial charge >= 0.3 is 35.8 Å². The van der Waals surface area contributed by atoms with Crippen molar-refractivity contribution in [3.63, 3.8) is 0 Å². The minimum atomic E-state index is -1.55. The fraction of sp³-hybridized carbons (Fsp3) is 0.844. The zero-order valence-corrected chi connectivity index (χ0v) is 60.8. The molecule has 2 saturated heterocycles. The number of aliphatic hydroxyl groups is 3. The van der Waals surface area contributed by atoms with Gasteiger partial charge in [0.15, 0.2) is 74.1 Å². The lowest BCUT2D eigenvalue weighted by atomic mass is 9.43. The Bertz CT molecular complexity index is 2900. The molecule has 6 N–H and O–H groups in total. The number of fused-ring (bicyclic) bond motifs is 6. The Labute approximate surface area is 611 Å². The Balaban J connectivity index is 0.000000241. The maximum absolute atomic E-state index is 13.2. The van der Waals surface area contributed by atoms with Crippen LogP contribution in [0.3, 0.4) is 0 Å². The first kappa shape index (κ1) is 83.8. The molecule has 4 bridgehead atoms. The van der Waals surface area contributed by atoms with E-state index in [9.17, 15) is 75.3 Å². The van der Waals surface area contributed by atoms with Gasteiger partial charge in [-0.3, -0.25) is 65.7 Å². The Morgan fingerprint density at radius 2 is 0.922 bits per heavy atom. The summed E-state index contributed by atoms with van der Waals surface area (Å²) in [6.07, 6.45) is -9.61. The van der Waals surface area contributed by atoms with Crippen LogP contribution in [0.25, 0.3) is 0 Å². The van der Waals surface area contributed by atoms with E-state index in [1.165, 1.54) is 0 Å². The average Bonchev–Trinajstić information content (AvgIpc) is 1.60. The lowest BCUT2D eigenvalue weighted by molar-refractivity contribution is -0.778. The molecule has 2 spiro atoms. The van der Waals surface area contributed by atoms with Crippen molar-refractivity contribution >= 4 is 85.1 Å². The van der Waals surface area contributed by atoms with Gasteiger partial charge in [0.1, 0.15) is 43.2 Å². The summed E-state index contributed by atoms with van der Waals surface area (Å²) in [4.78, 5) is 75.6. The predicted octanol–water partition coefficient (Wildman–Crippen LogP) is 3.69. The molecular formula is C64H92O35S4-4. The number of carboxylic acids is 3. The van der Waals surface area contributed by atoms with E-state index in [-0.39, 0.29) is 128 Å². The molecule has 2 aliphatic heterocycles. The van der Waals surface area contributed by atoms with Gasteiger partial charge in [-0.25, -0.2) is 0 Å². The summed E-state index contributed by atoms with van der Waals surface area (Å²) in [5, 5.41) is 119. The fourth-order valence-electron chi connectivity index (χ4n) is 19.8. The second-order valence-electron chi connectivity index (χ2n) is 30.1. The smallest absolute Gasteiger partial charge is 0.306 e. The molecule has 8 aliphatic carbocycles. The Morgan fingerprint density at radius 3 is 1.29 bits per heavy atom. The molecule has 39 heteroatoms. The normalized spacial score (nSPS) is 40.1. The molecule has 10 aliphatic rings. The molecule has 8 saturated carbocycles. The molecule has 0 radical (unpaired) electrons. The SMILES string of the molecule is C=C1C2CCC3C4(C)CC(O[C@@H]5O[C@@H](CO)[C@@H](OSOO[O-])[C@@H](OSOO[O-])C5OC(=O)CC(C)C)CC(C(=O)O)C4CCC3(C2)[C@H]1O.C=C1C2CCC3C4(C)CC(O[C@@H]5O[C@@H](COC(=O)CCC(=O)O)[C@@H](OSOO[O-])[C@@H](OSOO[O-])C5OC(=O)CC(C)C)CC(C(=O)O)C4CCC3(C2)[C@H]1O. The van der Waals surface area contributed by atoms with Gasteiger partial charge in [0, 0.05) is 23.7 Å². The minimum absolute atomic E-state index is 0.00271. The number of carboxylic acid groups (broad SMARTS) is 3. The zero-order chi connectivity index (χ0) is 74.9. The molecule has 0 amide bonds. The molecule has 10 fully saturated rings. The topological polar surface area (TPSA) is 491 Å². The van der Waals surface area contributed by atoms with Crippen molar-refractivity contribution in [3.8, 4) is 0 Å². The molecule has 0 aromatic heterocycles. The molecule has 0 aromatic carbocycles. The molecule has 586 valence electrons. The van der Waals surface area contributed by atoms with Crippen LogP contribution in [0.1, 0.15) is 157 Å². The Morgan fingerprint density at radius 1 is 0.534 bits per heavy atom. The minimum Gasteiger partial charge on any atom is -0.691 e. The monoisotopic (exact) mass is 1550 g/mol. The average molecular weight is 1550 g/mol. The van der Waals surface area contributed by atoms with Crippen molar-refractivity contribution in [2.24, 2.45) is 80.8 Å². The third-order valence-electron chi connectivity index (χ3n) is 23.7. The number of ether oxygens (including phenoxy) is 7. The van der Waals surface area contributed by atoms with Gasteiger partial charge in [-0.2, -0.15) is 0 Å². The number of carbonyl (C=O) groups excluding carboxylic acids is 3. The van der Waals surface area contributed by atoms with Crippen molar-refractivity contribution in [2.45, 2.75) is 243 Å². The number of carbonyl (C=O) groups is 6. The van der Waals surface area contributed by atoms with E-state index in [1.54, 1.807) is 13.8 Å². The van der Waals surface area contributed by atoms with E-state index < -0.39 is 176 Å². The van der Waals surface area contributed by atoms with Gasteiger partial charge in [-0.05, 0) is 159 Å². The fourth-order valence-corrected chi connectivity index (χ4v) is 21.3. The van der Waals surface area contributed by atoms with Crippen molar-refractivity contribution in [1.29, 1.82) is 0 Å². The molecule has 35 nitrogen and oxygen atoms in total. The number of hydrogen-bond acceptors (Lipinski definition) is 36. The van der Waals surface area contributed by atoms with Gasteiger partial charge in [0.2, 0.25) is 0 Å². The predicted molar refractivity (Wildman–Crippen MR) is 338 cm³/mol. The van der Waals surface area contributed by atoms with Crippen molar-refractivity contribution in [1.82, 2.24) is 0 Å². The van der Waals surface area contributed by atoms with Crippen LogP contribution >= 0.6 is 49.3 Å². The first-order valence-corrected chi connectivity index (χ1v) is 37.0. The van der Waals surface area contributed by atoms with Crippen LogP contribution in [-0.2, 0) is 116 Å². The zero-order valence-electron chi connectivity index (χ0n) is 57.6. The van der Waals surface area contributed by atoms with E-state index in [1.807, 2.05) is 13.8 Å². The molecule has 103 heavy (non-hydrogen) atoms. The first-order valence-electron chi connectivity index (χ1n) is 34.4. The lowest BCUT2D eigenvalue weighted by Gasteiger charge is -2.62. The quantitative estimate of drug-likeness (QED) is 0.00782. The van der Waals surface area contributed by atoms with Crippen LogP contribution in [0.4, 0.5) is 0 Å². The number of aliphatic carboxylic acids is 3. The summed E-state index contributed by atoms with van der Waals surface area (Å²) in [5.41, 5.74) is -0.268. The van der Waals surface area contributed by atoms with Crippen molar-refractivity contribution in [3.05, 3.63) is 24.3 Å². The number of aliphatic hydroxyl groups excluding tert-OH is 3. The van der Waals surface area contributed by atoms with Crippen LogP contribution in [0.2, 0.25) is 0 Å².